The summed E-state index contributed by atoms with van der Waals surface area (Å²) in [7, 11) is 0. The Labute approximate surface area is 99.6 Å². The molecule has 0 aliphatic heterocycles. The maximum absolute atomic E-state index is 3.46. The molecule has 1 aromatic rings. The van der Waals surface area contributed by atoms with Gasteiger partial charge in [-0.1, -0.05) is 49.8 Å². The van der Waals surface area contributed by atoms with Gasteiger partial charge in [-0.05, 0) is 37.4 Å². The Bertz CT molecular complexity index is 339. The fourth-order valence-corrected chi connectivity index (χ4v) is 1.67. The molecule has 0 fully saturated rings. The molecule has 1 N–H and O–H groups in total. The number of hydrogen-bond acceptors (Lipinski definition) is 1. The van der Waals surface area contributed by atoms with Gasteiger partial charge in [0, 0.05) is 6.54 Å². The highest BCUT2D eigenvalue weighted by atomic mass is 14.8. The van der Waals surface area contributed by atoms with E-state index in [1.54, 1.807) is 0 Å². The molecule has 0 aliphatic carbocycles. The lowest BCUT2D eigenvalue weighted by Gasteiger charge is -2.07. The van der Waals surface area contributed by atoms with E-state index in [9.17, 15) is 0 Å². The summed E-state index contributed by atoms with van der Waals surface area (Å²) >= 11 is 0. The largest absolute Gasteiger partial charge is 0.313 e. The second-order valence-corrected chi connectivity index (χ2v) is 4.19. The highest BCUT2D eigenvalue weighted by Gasteiger charge is 1.97. The first-order chi connectivity index (χ1) is 7.77. The van der Waals surface area contributed by atoms with Crippen molar-refractivity contribution in [1.29, 1.82) is 0 Å². The fraction of sp³-hybridized carbons (Fsp3) is 0.467. The van der Waals surface area contributed by atoms with Crippen molar-refractivity contribution >= 4 is 6.08 Å². The SMILES string of the molecule is CCCNCC(=Cc1ccccc1C)CC. The van der Waals surface area contributed by atoms with E-state index in [2.05, 4.69) is 56.4 Å². The zero-order valence-electron chi connectivity index (χ0n) is 10.7. The van der Waals surface area contributed by atoms with Gasteiger partial charge in [-0.25, -0.2) is 0 Å². The zero-order valence-corrected chi connectivity index (χ0v) is 10.7. The van der Waals surface area contributed by atoms with Crippen molar-refractivity contribution in [3.05, 3.63) is 41.0 Å². The molecular weight excluding hydrogens is 194 g/mol. The fourth-order valence-electron chi connectivity index (χ4n) is 1.67. The Morgan fingerprint density at radius 3 is 2.62 bits per heavy atom. The van der Waals surface area contributed by atoms with Crippen molar-refractivity contribution in [1.82, 2.24) is 5.32 Å². The van der Waals surface area contributed by atoms with Crippen LogP contribution in [0.5, 0.6) is 0 Å². The Kier molecular flexibility index (Phi) is 5.87. The van der Waals surface area contributed by atoms with E-state index < -0.39 is 0 Å². The van der Waals surface area contributed by atoms with Crippen LogP contribution in [-0.2, 0) is 0 Å². The molecule has 0 bridgehead atoms. The summed E-state index contributed by atoms with van der Waals surface area (Å²) < 4.78 is 0. The van der Waals surface area contributed by atoms with Crippen LogP contribution in [-0.4, -0.2) is 13.1 Å². The van der Waals surface area contributed by atoms with Gasteiger partial charge in [0.05, 0.1) is 0 Å². The highest BCUT2D eigenvalue weighted by Crippen LogP contribution is 2.13. The van der Waals surface area contributed by atoms with Crippen LogP contribution in [0.4, 0.5) is 0 Å². The van der Waals surface area contributed by atoms with Crippen LogP contribution in [0.3, 0.4) is 0 Å². The number of aryl methyl sites for hydroxylation is 1. The van der Waals surface area contributed by atoms with Crippen molar-refractivity contribution in [2.75, 3.05) is 13.1 Å². The summed E-state index contributed by atoms with van der Waals surface area (Å²) in [6.07, 6.45) is 4.63. The third-order valence-corrected chi connectivity index (χ3v) is 2.78. The topological polar surface area (TPSA) is 12.0 Å². The molecule has 0 spiro atoms. The van der Waals surface area contributed by atoms with E-state index in [4.69, 9.17) is 0 Å². The van der Waals surface area contributed by atoms with Gasteiger partial charge in [0.15, 0.2) is 0 Å². The van der Waals surface area contributed by atoms with Crippen LogP contribution in [0.1, 0.15) is 37.8 Å². The summed E-state index contributed by atoms with van der Waals surface area (Å²) in [5.41, 5.74) is 4.17. The normalized spacial score (nSPS) is 11.8. The van der Waals surface area contributed by atoms with Gasteiger partial charge in [-0.2, -0.15) is 0 Å². The van der Waals surface area contributed by atoms with Crippen molar-refractivity contribution in [3.8, 4) is 0 Å². The van der Waals surface area contributed by atoms with Crippen LogP contribution in [0, 0.1) is 6.92 Å². The number of benzene rings is 1. The molecule has 0 unspecified atom stereocenters. The third kappa shape index (κ3) is 4.19. The minimum Gasteiger partial charge on any atom is -0.313 e. The zero-order chi connectivity index (χ0) is 11.8. The van der Waals surface area contributed by atoms with E-state index in [0.29, 0.717) is 0 Å². The lowest BCUT2D eigenvalue weighted by molar-refractivity contribution is 0.706. The van der Waals surface area contributed by atoms with Crippen LogP contribution in [0.25, 0.3) is 6.08 Å². The maximum atomic E-state index is 3.46. The molecule has 0 aliphatic rings. The van der Waals surface area contributed by atoms with Crippen molar-refractivity contribution in [2.24, 2.45) is 0 Å². The van der Waals surface area contributed by atoms with Crippen molar-refractivity contribution in [2.45, 2.75) is 33.6 Å². The molecule has 0 heterocycles. The maximum Gasteiger partial charge on any atom is 0.0167 e. The first-order valence-corrected chi connectivity index (χ1v) is 6.23. The molecular formula is C15H23N. The summed E-state index contributed by atoms with van der Waals surface area (Å²) in [5.74, 6) is 0. The molecule has 0 saturated heterocycles. The summed E-state index contributed by atoms with van der Waals surface area (Å²) in [6, 6.07) is 8.54. The number of hydrogen-bond donors (Lipinski definition) is 1. The molecule has 0 amide bonds. The Hall–Kier alpha value is -1.08. The van der Waals surface area contributed by atoms with E-state index >= 15 is 0 Å². The molecule has 1 aromatic carbocycles. The van der Waals surface area contributed by atoms with Gasteiger partial charge in [-0.3, -0.25) is 0 Å². The lowest BCUT2D eigenvalue weighted by atomic mass is 10.0. The molecule has 88 valence electrons. The van der Waals surface area contributed by atoms with E-state index in [1.165, 1.54) is 23.1 Å². The molecule has 0 saturated carbocycles. The molecule has 1 heteroatoms. The predicted molar refractivity (Wildman–Crippen MR) is 72.6 cm³/mol. The monoisotopic (exact) mass is 217 g/mol. The van der Waals surface area contributed by atoms with Gasteiger partial charge in [0.1, 0.15) is 0 Å². The highest BCUT2D eigenvalue weighted by molar-refractivity contribution is 5.56. The van der Waals surface area contributed by atoms with Gasteiger partial charge >= 0.3 is 0 Å². The van der Waals surface area contributed by atoms with E-state index in [0.717, 1.165) is 19.5 Å². The van der Waals surface area contributed by atoms with Crippen molar-refractivity contribution in [3.63, 3.8) is 0 Å². The van der Waals surface area contributed by atoms with Gasteiger partial charge in [-0.15, -0.1) is 0 Å². The minimum atomic E-state index is 1.01. The molecule has 0 radical (unpaired) electrons. The molecule has 0 atom stereocenters. The van der Waals surface area contributed by atoms with Crippen LogP contribution in [0.2, 0.25) is 0 Å². The number of nitrogens with one attached hydrogen (secondary N) is 1. The summed E-state index contributed by atoms with van der Waals surface area (Å²) in [6.45, 7) is 8.70. The van der Waals surface area contributed by atoms with E-state index in [1.807, 2.05) is 0 Å². The molecule has 16 heavy (non-hydrogen) atoms. The average molecular weight is 217 g/mol. The van der Waals surface area contributed by atoms with Gasteiger partial charge < -0.3 is 5.32 Å². The average Bonchev–Trinajstić information content (AvgIpc) is 2.30. The molecule has 1 rings (SSSR count). The van der Waals surface area contributed by atoms with Gasteiger partial charge in [0.2, 0.25) is 0 Å². The third-order valence-electron chi connectivity index (χ3n) is 2.78. The molecule has 1 nitrogen and oxygen atoms in total. The summed E-state index contributed by atoms with van der Waals surface area (Å²) in [4.78, 5) is 0. The first kappa shape index (κ1) is 13.0. The smallest absolute Gasteiger partial charge is 0.0167 e. The standard InChI is InChI=1S/C15H23N/c1-4-10-16-12-14(5-2)11-15-9-7-6-8-13(15)3/h6-9,11,16H,4-5,10,12H2,1-3H3. The van der Waals surface area contributed by atoms with Crippen LogP contribution >= 0.6 is 0 Å². The Morgan fingerprint density at radius 1 is 1.25 bits per heavy atom. The van der Waals surface area contributed by atoms with Crippen molar-refractivity contribution < 1.29 is 0 Å². The Balaban J connectivity index is 2.68. The van der Waals surface area contributed by atoms with E-state index in [-0.39, 0.29) is 0 Å². The van der Waals surface area contributed by atoms with Gasteiger partial charge in [0.25, 0.3) is 0 Å². The second-order valence-electron chi connectivity index (χ2n) is 4.19. The predicted octanol–water partition coefficient (Wildman–Crippen LogP) is 3.79. The molecule has 0 aromatic heterocycles. The van der Waals surface area contributed by atoms with Crippen LogP contribution < -0.4 is 5.32 Å². The Morgan fingerprint density at radius 2 is 2.00 bits per heavy atom. The quantitative estimate of drug-likeness (QED) is 0.715. The second kappa shape index (κ2) is 7.24. The lowest BCUT2D eigenvalue weighted by Crippen LogP contribution is -2.17. The minimum absolute atomic E-state index is 1.01. The summed E-state index contributed by atoms with van der Waals surface area (Å²) in [5, 5.41) is 3.46. The number of rotatable bonds is 6. The first-order valence-electron chi connectivity index (χ1n) is 6.23. The van der Waals surface area contributed by atoms with Crippen LogP contribution in [0.15, 0.2) is 29.8 Å².